The average Bonchev–Trinajstić information content (AvgIpc) is 2.54. The van der Waals surface area contributed by atoms with Gasteiger partial charge in [0.15, 0.2) is 0 Å². The zero-order chi connectivity index (χ0) is 14.9. The van der Waals surface area contributed by atoms with E-state index in [0.29, 0.717) is 37.6 Å². The highest BCUT2D eigenvalue weighted by Gasteiger charge is 2.44. The van der Waals surface area contributed by atoms with E-state index in [4.69, 9.17) is 10.5 Å². The molecular weight excluding hydrogens is 266 g/mol. The van der Waals surface area contributed by atoms with Gasteiger partial charge in [-0.1, -0.05) is 0 Å². The average molecular weight is 295 g/mol. The van der Waals surface area contributed by atoms with E-state index < -0.39 is 0 Å². The van der Waals surface area contributed by atoms with E-state index in [1.807, 2.05) is 0 Å². The molecule has 3 saturated heterocycles. The van der Waals surface area contributed by atoms with Gasteiger partial charge in [0, 0.05) is 38.9 Å². The number of carbonyl (C=O) groups is 1. The molecule has 1 amide bonds. The van der Waals surface area contributed by atoms with E-state index in [-0.39, 0.29) is 5.41 Å². The number of rotatable bonds is 2. The first-order chi connectivity index (χ1) is 10.2. The fourth-order valence-corrected chi connectivity index (χ4v) is 4.44. The SMILES string of the molecule is CN1CCCC2CN(C(=O)C3(CN)CCOCC3)CCC21. The largest absolute Gasteiger partial charge is 0.381 e. The number of piperidine rings is 2. The number of carbonyl (C=O) groups excluding carboxylic acids is 1. The molecule has 2 unspecified atom stereocenters. The van der Waals surface area contributed by atoms with Crippen molar-refractivity contribution in [2.45, 2.75) is 38.1 Å². The van der Waals surface area contributed by atoms with Gasteiger partial charge in [-0.2, -0.15) is 0 Å². The number of hydrogen-bond donors (Lipinski definition) is 1. The lowest BCUT2D eigenvalue weighted by atomic mass is 9.77. The van der Waals surface area contributed by atoms with Gasteiger partial charge >= 0.3 is 0 Å². The molecule has 0 saturated carbocycles. The van der Waals surface area contributed by atoms with Crippen LogP contribution in [0, 0.1) is 11.3 Å². The van der Waals surface area contributed by atoms with Crippen LogP contribution in [0.3, 0.4) is 0 Å². The van der Waals surface area contributed by atoms with Crippen molar-refractivity contribution >= 4 is 5.91 Å². The Labute approximate surface area is 127 Å². The maximum absolute atomic E-state index is 13.0. The van der Waals surface area contributed by atoms with Gasteiger partial charge in [0.2, 0.25) is 5.91 Å². The van der Waals surface area contributed by atoms with Crippen LogP contribution in [0.25, 0.3) is 0 Å². The molecule has 2 atom stereocenters. The maximum Gasteiger partial charge on any atom is 0.230 e. The molecule has 3 aliphatic rings. The topological polar surface area (TPSA) is 58.8 Å². The van der Waals surface area contributed by atoms with Crippen molar-refractivity contribution in [3.63, 3.8) is 0 Å². The first-order valence-corrected chi connectivity index (χ1v) is 8.44. The van der Waals surface area contributed by atoms with Crippen LogP contribution in [-0.4, -0.2) is 68.2 Å². The Morgan fingerprint density at radius 1 is 1.29 bits per heavy atom. The summed E-state index contributed by atoms with van der Waals surface area (Å²) < 4.78 is 5.43. The Balaban J connectivity index is 1.68. The third kappa shape index (κ3) is 2.83. The molecule has 0 aromatic heterocycles. The van der Waals surface area contributed by atoms with Crippen LogP contribution in [0.15, 0.2) is 0 Å². The minimum Gasteiger partial charge on any atom is -0.381 e. The zero-order valence-corrected chi connectivity index (χ0v) is 13.2. The van der Waals surface area contributed by atoms with E-state index in [1.165, 1.54) is 19.4 Å². The van der Waals surface area contributed by atoms with Crippen LogP contribution in [-0.2, 0) is 9.53 Å². The Kier molecular flexibility index (Phi) is 4.52. The van der Waals surface area contributed by atoms with E-state index in [2.05, 4.69) is 16.8 Å². The standard InChI is InChI=1S/C16H29N3O2/c1-18-7-2-3-13-11-19(8-4-14(13)18)15(20)16(12-17)5-9-21-10-6-16/h13-14H,2-12,17H2,1H3. The van der Waals surface area contributed by atoms with E-state index in [9.17, 15) is 4.79 Å². The van der Waals surface area contributed by atoms with Crippen molar-refractivity contribution in [2.75, 3.05) is 46.4 Å². The highest BCUT2D eigenvalue weighted by molar-refractivity contribution is 5.83. The molecule has 0 radical (unpaired) electrons. The normalized spacial score (nSPS) is 33.5. The number of hydrogen-bond acceptors (Lipinski definition) is 4. The number of amides is 1. The Morgan fingerprint density at radius 3 is 2.76 bits per heavy atom. The lowest BCUT2D eigenvalue weighted by Gasteiger charge is -2.48. The number of fused-ring (bicyclic) bond motifs is 1. The molecule has 3 heterocycles. The zero-order valence-electron chi connectivity index (χ0n) is 13.2. The number of nitrogens with two attached hydrogens (primary N) is 1. The molecule has 0 spiro atoms. The molecule has 0 aromatic rings. The first-order valence-electron chi connectivity index (χ1n) is 8.44. The fraction of sp³-hybridized carbons (Fsp3) is 0.938. The second kappa shape index (κ2) is 6.23. The number of likely N-dealkylation sites (tertiary alicyclic amines) is 2. The lowest BCUT2D eigenvalue weighted by molar-refractivity contribution is -0.150. The molecule has 2 N–H and O–H groups in total. The maximum atomic E-state index is 13.0. The van der Waals surface area contributed by atoms with E-state index in [0.717, 1.165) is 32.4 Å². The van der Waals surface area contributed by atoms with Gasteiger partial charge < -0.3 is 20.3 Å². The summed E-state index contributed by atoms with van der Waals surface area (Å²) >= 11 is 0. The van der Waals surface area contributed by atoms with Gasteiger partial charge in [0.1, 0.15) is 0 Å². The third-order valence-corrected chi connectivity index (χ3v) is 5.93. The highest BCUT2D eigenvalue weighted by Crippen LogP contribution is 2.35. The van der Waals surface area contributed by atoms with Crippen molar-refractivity contribution in [3.05, 3.63) is 0 Å². The summed E-state index contributed by atoms with van der Waals surface area (Å²) in [6.07, 6.45) is 5.21. The summed E-state index contributed by atoms with van der Waals surface area (Å²) in [6, 6.07) is 0.673. The summed E-state index contributed by atoms with van der Waals surface area (Å²) in [5.74, 6) is 0.941. The number of ether oxygens (including phenoxy) is 1. The monoisotopic (exact) mass is 295 g/mol. The van der Waals surface area contributed by atoms with Crippen LogP contribution >= 0.6 is 0 Å². The van der Waals surface area contributed by atoms with Crippen LogP contribution in [0.1, 0.15) is 32.1 Å². The molecule has 0 aromatic carbocycles. The Hall–Kier alpha value is -0.650. The lowest BCUT2D eigenvalue weighted by Crippen LogP contribution is -2.58. The van der Waals surface area contributed by atoms with Gasteiger partial charge in [-0.15, -0.1) is 0 Å². The number of nitrogens with zero attached hydrogens (tertiary/aromatic N) is 2. The molecule has 3 aliphatic heterocycles. The molecule has 120 valence electrons. The van der Waals surface area contributed by atoms with Crippen molar-refractivity contribution in [3.8, 4) is 0 Å². The van der Waals surface area contributed by atoms with E-state index in [1.54, 1.807) is 0 Å². The van der Waals surface area contributed by atoms with Gasteiger partial charge in [0.25, 0.3) is 0 Å². The van der Waals surface area contributed by atoms with Crippen LogP contribution in [0.5, 0.6) is 0 Å². The second-order valence-electron chi connectivity index (χ2n) is 7.09. The summed E-state index contributed by atoms with van der Waals surface area (Å²) in [5.41, 5.74) is 5.63. The highest BCUT2D eigenvalue weighted by atomic mass is 16.5. The Bertz CT molecular complexity index is 382. The Morgan fingerprint density at radius 2 is 2.05 bits per heavy atom. The van der Waals surface area contributed by atoms with Crippen molar-refractivity contribution < 1.29 is 9.53 Å². The van der Waals surface area contributed by atoms with Crippen molar-refractivity contribution in [1.29, 1.82) is 0 Å². The molecular formula is C16H29N3O2. The predicted octanol–water partition coefficient (Wildman–Crippen LogP) is 0.685. The smallest absolute Gasteiger partial charge is 0.230 e. The van der Waals surface area contributed by atoms with Crippen molar-refractivity contribution in [2.24, 2.45) is 17.1 Å². The molecule has 21 heavy (non-hydrogen) atoms. The van der Waals surface area contributed by atoms with Gasteiger partial charge in [-0.3, -0.25) is 4.79 Å². The quantitative estimate of drug-likeness (QED) is 0.814. The van der Waals surface area contributed by atoms with Gasteiger partial charge in [-0.25, -0.2) is 0 Å². The second-order valence-corrected chi connectivity index (χ2v) is 7.09. The third-order valence-electron chi connectivity index (χ3n) is 5.93. The van der Waals surface area contributed by atoms with Crippen LogP contribution in [0.4, 0.5) is 0 Å². The van der Waals surface area contributed by atoms with Crippen molar-refractivity contribution in [1.82, 2.24) is 9.80 Å². The summed E-state index contributed by atoms with van der Waals surface area (Å²) in [7, 11) is 2.23. The minimum atomic E-state index is -0.356. The molecule has 5 heteroatoms. The van der Waals surface area contributed by atoms with Gasteiger partial charge in [0.05, 0.1) is 5.41 Å². The molecule has 3 rings (SSSR count). The summed E-state index contributed by atoms with van der Waals surface area (Å²) in [5, 5.41) is 0. The summed E-state index contributed by atoms with van der Waals surface area (Å²) in [6.45, 7) is 4.83. The minimum absolute atomic E-state index is 0.292. The van der Waals surface area contributed by atoms with Crippen LogP contribution < -0.4 is 5.73 Å². The van der Waals surface area contributed by atoms with E-state index >= 15 is 0 Å². The fourth-order valence-electron chi connectivity index (χ4n) is 4.44. The summed E-state index contributed by atoms with van der Waals surface area (Å²) in [4.78, 5) is 17.6. The molecule has 3 fully saturated rings. The van der Waals surface area contributed by atoms with Crippen LogP contribution in [0.2, 0.25) is 0 Å². The first kappa shape index (κ1) is 15.3. The predicted molar refractivity (Wildman–Crippen MR) is 81.9 cm³/mol. The van der Waals surface area contributed by atoms with Gasteiger partial charge in [-0.05, 0) is 51.6 Å². The molecule has 0 bridgehead atoms. The molecule has 0 aliphatic carbocycles. The molecule has 5 nitrogen and oxygen atoms in total.